The van der Waals surface area contributed by atoms with E-state index in [-0.39, 0.29) is 16.6 Å². The zero-order valence-electron chi connectivity index (χ0n) is 19.2. The summed E-state index contributed by atoms with van der Waals surface area (Å²) in [6, 6.07) is 19.2. The van der Waals surface area contributed by atoms with Gasteiger partial charge in [0, 0.05) is 17.4 Å². The van der Waals surface area contributed by atoms with Crippen molar-refractivity contribution in [2.45, 2.75) is 11.8 Å². The van der Waals surface area contributed by atoms with Gasteiger partial charge in [-0.2, -0.15) is 0 Å². The molecule has 9 heteroatoms. The molecule has 7 nitrogen and oxygen atoms in total. The number of methoxy groups -OCH3 is 2. The summed E-state index contributed by atoms with van der Waals surface area (Å²) < 4.78 is 39.2. The summed E-state index contributed by atoms with van der Waals surface area (Å²) in [7, 11) is 0.669. The quantitative estimate of drug-likeness (QED) is 0.375. The molecular formula is C25H24N2O5S2. The molecule has 0 bridgehead atoms. The Kier molecular flexibility index (Phi) is 6.49. The summed E-state index contributed by atoms with van der Waals surface area (Å²) in [5.41, 5.74) is 1.95. The minimum Gasteiger partial charge on any atom is -0.497 e. The zero-order chi connectivity index (χ0) is 24.5. The number of carbonyl (C=O) groups is 1. The van der Waals surface area contributed by atoms with E-state index in [4.69, 9.17) is 9.47 Å². The minimum atomic E-state index is -3.86. The molecule has 0 aliphatic heterocycles. The smallest absolute Gasteiger partial charge is 0.267 e. The van der Waals surface area contributed by atoms with E-state index in [1.165, 1.54) is 29.8 Å². The van der Waals surface area contributed by atoms with Gasteiger partial charge < -0.3 is 14.8 Å². The van der Waals surface area contributed by atoms with Gasteiger partial charge >= 0.3 is 0 Å². The topological polar surface area (TPSA) is 84.9 Å². The molecule has 0 atom stereocenters. The maximum atomic E-state index is 13.3. The number of benzene rings is 3. The first-order chi connectivity index (χ1) is 16.2. The number of nitrogens with zero attached hydrogens (tertiary/aromatic N) is 1. The number of thiophene rings is 1. The fourth-order valence-electron chi connectivity index (χ4n) is 3.48. The highest BCUT2D eigenvalue weighted by atomic mass is 32.2. The number of aryl methyl sites for hydroxylation is 1. The highest BCUT2D eigenvalue weighted by Crippen LogP contribution is 2.34. The van der Waals surface area contributed by atoms with Gasteiger partial charge in [0.1, 0.15) is 16.4 Å². The Morgan fingerprint density at radius 2 is 1.68 bits per heavy atom. The molecule has 4 rings (SSSR count). The van der Waals surface area contributed by atoms with E-state index in [1.54, 1.807) is 67.8 Å². The van der Waals surface area contributed by atoms with Gasteiger partial charge in [0.2, 0.25) is 0 Å². The van der Waals surface area contributed by atoms with E-state index in [0.717, 1.165) is 15.6 Å². The van der Waals surface area contributed by atoms with Crippen LogP contribution in [-0.4, -0.2) is 35.6 Å². The molecule has 0 unspecified atom stereocenters. The van der Waals surface area contributed by atoms with Gasteiger partial charge in [-0.3, -0.25) is 9.10 Å². The molecule has 176 valence electrons. The zero-order valence-corrected chi connectivity index (χ0v) is 20.8. The number of rotatable bonds is 7. The van der Waals surface area contributed by atoms with Crippen molar-refractivity contribution in [3.05, 3.63) is 77.2 Å². The number of nitrogens with one attached hydrogen (secondary N) is 1. The lowest BCUT2D eigenvalue weighted by atomic mass is 10.2. The molecule has 0 aliphatic carbocycles. The first-order valence-electron chi connectivity index (χ1n) is 10.4. The van der Waals surface area contributed by atoms with Gasteiger partial charge in [0.25, 0.3) is 15.9 Å². The lowest BCUT2D eigenvalue weighted by Gasteiger charge is -2.21. The van der Waals surface area contributed by atoms with E-state index in [2.05, 4.69) is 5.32 Å². The molecule has 1 heterocycles. The van der Waals surface area contributed by atoms with Crippen molar-refractivity contribution in [2.75, 3.05) is 30.9 Å². The third-order valence-electron chi connectivity index (χ3n) is 5.39. The highest BCUT2D eigenvalue weighted by molar-refractivity contribution is 7.93. The van der Waals surface area contributed by atoms with Gasteiger partial charge in [0.05, 0.1) is 24.8 Å². The lowest BCUT2D eigenvalue weighted by Crippen LogP contribution is -2.27. The molecule has 0 aliphatic rings. The molecule has 34 heavy (non-hydrogen) atoms. The highest BCUT2D eigenvalue weighted by Gasteiger charge is 2.26. The Balaban J connectivity index is 1.61. The first kappa shape index (κ1) is 23.6. The normalized spacial score (nSPS) is 11.3. The average Bonchev–Trinajstić information content (AvgIpc) is 3.27. The SMILES string of the molecule is COc1ccc(NC(=O)c2cc3cc(N(C)S(=O)(=O)c4cc(C)ccc4OC)ccc3s2)cc1. The van der Waals surface area contributed by atoms with Crippen molar-refractivity contribution in [3.63, 3.8) is 0 Å². The summed E-state index contributed by atoms with van der Waals surface area (Å²) in [4.78, 5) is 13.4. The van der Waals surface area contributed by atoms with Crippen LogP contribution in [0.25, 0.3) is 10.1 Å². The Morgan fingerprint density at radius 1 is 0.941 bits per heavy atom. The molecule has 1 N–H and O–H groups in total. The number of anilines is 2. The van der Waals surface area contributed by atoms with Crippen LogP contribution in [0.1, 0.15) is 15.2 Å². The van der Waals surface area contributed by atoms with Gasteiger partial charge in [-0.25, -0.2) is 8.42 Å². The number of fused-ring (bicyclic) bond motifs is 1. The van der Waals surface area contributed by atoms with Crippen LogP contribution < -0.4 is 19.1 Å². The van der Waals surface area contributed by atoms with Gasteiger partial charge in [-0.1, -0.05) is 6.07 Å². The minimum absolute atomic E-state index is 0.0995. The summed E-state index contributed by atoms with van der Waals surface area (Å²) in [6.45, 7) is 1.83. The summed E-state index contributed by atoms with van der Waals surface area (Å²) >= 11 is 1.34. The Bertz CT molecular complexity index is 1460. The monoisotopic (exact) mass is 496 g/mol. The Morgan fingerprint density at radius 3 is 2.35 bits per heavy atom. The van der Waals surface area contributed by atoms with E-state index < -0.39 is 10.0 Å². The summed E-state index contributed by atoms with van der Waals surface area (Å²) in [5.74, 6) is 0.750. The molecule has 0 fully saturated rings. The van der Waals surface area contributed by atoms with Crippen molar-refractivity contribution in [2.24, 2.45) is 0 Å². The third kappa shape index (κ3) is 4.57. The van der Waals surface area contributed by atoms with Crippen LogP contribution in [0.3, 0.4) is 0 Å². The number of hydrogen-bond donors (Lipinski definition) is 1. The van der Waals surface area contributed by atoms with Crippen molar-refractivity contribution < 1.29 is 22.7 Å². The lowest BCUT2D eigenvalue weighted by molar-refractivity contribution is 0.103. The molecular weight excluding hydrogens is 472 g/mol. The van der Waals surface area contributed by atoms with E-state index in [9.17, 15) is 13.2 Å². The Labute approximate surface area is 202 Å². The van der Waals surface area contributed by atoms with Crippen LogP contribution in [0.2, 0.25) is 0 Å². The second-order valence-electron chi connectivity index (χ2n) is 7.64. The molecule has 3 aromatic carbocycles. The Hall–Kier alpha value is -3.56. The second kappa shape index (κ2) is 9.36. The third-order valence-corrected chi connectivity index (χ3v) is 8.31. The molecule has 4 aromatic rings. The van der Waals surface area contributed by atoms with Crippen molar-refractivity contribution >= 4 is 48.7 Å². The predicted molar refractivity (Wildman–Crippen MR) is 136 cm³/mol. The fourth-order valence-corrected chi connectivity index (χ4v) is 5.84. The number of amides is 1. The molecule has 0 saturated carbocycles. The first-order valence-corrected chi connectivity index (χ1v) is 12.6. The van der Waals surface area contributed by atoms with Crippen molar-refractivity contribution in [1.82, 2.24) is 0 Å². The van der Waals surface area contributed by atoms with Crippen LogP contribution in [0.4, 0.5) is 11.4 Å². The number of sulfonamides is 1. The van der Waals surface area contributed by atoms with Gasteiger partial charge in [-0.15, -0.1) is 11.3 Å². The maximum Gasteiger partial charge on any atom is 0.267 e. The number of hydrogen-bond acceptors (Lipinski definition) is 6. The van der Waals surface area contributed by atoms with Crippen LogP contribution in [0, 0.1) is 6.92 Å². The van der Waals surface area contributed by atoms with Crippen LogP contribution in [0.15, 0.2) is 71.6 Å². The molecule has 0 spiro atoms. The van der Waals surface area contributed by atoms with Gasteiger partial charge in [0.15, 0.2) is 0 Å². The summed E-state index contributed by atoms with van der Waals surface area (Å²) in [5, 5.41) is 3.65. The van der Waals surface area contributed by atoms with Crippen LogP contribution in [0.5, 0.6) is 11.5 Å². The van der Waals surface area contributed by atoms with Crippen molar-refractivity contribution in [1.29, 1.82) is 0 Å². The largest absolute Gasteiger partial charge is 0.497 e. The van der Waals surface area contributed by atoms with E-state index >= 15 is 0 Å². The summed E-state index contributed by atoms with van der Waals surface area (Å²) in [6.07, 6.45) is 0. The second-order valence-corrected chi connectivity index (χ2v) is 10.7. The standard InChI is InChI=1S/C25H24N2O5S2/c1-16-5-11-21(32-4)24(13-16)34(29,30)27(2)19-8-12-22-17(14-19)15-23(33-22)25(28)26-18-6-9-20(31-3)10-7-18/h5-15H,1-4H3,(H,26,28). The van der Waals surface area contributed by atoms with Gasteiger partial charge in [-0.05, 0) is 78.5 Å². The van der Waals surface area contributed by atoms with Crippen LogP contribution in [-0.2, 0) is 10.0 Å². The predicted octanol–water partition coefficient (Wildman–Crippen LogP) is 5.30. The molecule has 0 radical (unpaired) electrons. The maximum absolute atomic E-state index is 13.3. The van der Waals surface area contributed by atoms with Crippen molar-refractivity contribution in [3.8, 4) is 11.5 Å². The average molecular weight is 497 g/mol. The van der Waals surface area contributed by atoms with Crippen LogP contribution >= 0.6 is 11.3 Å². The molecule has 1 amide bonds. The fraction of sp³-hybridized carbons (Fsp3) is 0.160. The number of ether oxygens (including phenoxy) is 2. The van der Waals surface area contributed by atoms with E-state index in [0.29, 0.717) is 22.0 Å². The van der Waals surface area contributed by atoms with E-state index in [1.807, 2.05) is 13.0 Å². The number of carbonyl (C=O) groups excluding carboxylic acids is 1. The molecule has 1 aromatic heterocycles. The molecule has 0 saturated heterocycles.